The van der Waals surface area contributed by atoms with E-state index in [1.54, 1.807) is 4.90 Å². The maximum atomic E-state index is 13.7. The predicted octanol–water partition coefficient (Wildman–Crippen LogP) is 2.75. The summed E-state index contributed by atoms with van der Waals surface area (Å²) in [6.45, 7) is 1.38. The molecule has 0 unspecified atom stereocenters. The number of rotatable bonds is 4. The quantitative estimate of drug-likeness (QED) is 0.698. The van der Waals surface area contributed by atoms with Crippen LogP contribution in [0.2, 0.25) is 0 Å². The van der Waals surface area contributed by atoms with Gasteiger partial charge in [0.25, 0.3) is 11.5 Å². The van der Waals surface area contributed by atoms with Crippen molar-refractivity contribution < 1.29 is 18.4 Å². The Bertz CT molecular complexity index is 1240. The van der Waals surface area contributed by atoms with Gasteiger partial charge in [0.05, 0.1) is 5.69 Å². The molecule has 0 aliphatic carbocycles. The van der Waals surface area contributed by atoms with Crippen molar-refractivity contribution in [2.24, 2.45) is 0 Å². The lowest BCUT2D eigenvalue weighted by Gasteiger charge is -2.22. The van der Waals surface area contributed by atoms with Crippen LogP contribution in [0.25, 0.3) is 0 Å². The summed E-state index contributed by atoms with van der Waals surface area (Å²) in [7, 11) is 0. The summed E-state index contributed by atoms with van der Waals surface area (Å²) < 4.78 is 27.6. The van der Waals surface area contributed by atoms with Gasteiger partial charge >= 0.3 is 0 Å². The summed E-state index contributed by atoms with van der Waals surface area (Å²) in [5, 5.41) is 6.30. The highest BCUT2D eigenvalue weighted by Gasteiger charge is 2.32. The van der Waals surface area contributed by atoms with Crippen molar-refractivity contribution in [2.45, 2.75) is 25.9 Å². The number of nitrogens with one attached hydrogen (secondary N) is 1. The van der Waals surface area contributed by atoms with Crippen LogP contribution in [0.5, 0.6) is 0 Å². The van der Waals surface area contributed by atoms with Crippen LogP contribution in [0.4, 0.5) is 20.2 Å². The lowest BCUT2D eigenvalue weighted by Crippen LogP contribution is -2.38. The minimum Gasteiger partial charge on any atom is -0.322 e. The molecule has 0 saturated carbocycles. The van der Waals surface area contributed by atoms with Crippen LogP contribution in [0, 0.1) is 11.6 Å². The Morgan fingerprint density at radius 3 is 2.68 bits per heavy atom. The molecule has 4 rings (SSSR count). The van der Waals surface area contributed by atoms with Crippen LogP contribution >= 0.6 is 0 Å². The van der Waals surface area contributed by atoms with Crippen molar-refractivity contribution in [2.75, 3.05) is 10.2 Å². The monoisotopic (exact) mass is 424 g/mol. The molecular formula is C22H18F2N4O3. The average Bonchev–Trinajstić information content (AvgIpc) is 3.07. The van der Waals surface area contributed by atoms with E-state index in [0.717, 1.165) is 34.1 Å². The SMILES string of the molecule is C[C@H]1Cc2ccccc2N1C(=O)c1ccc(=O)n(CC(=O)Nc2ccc(F)cc2F)n1. The van der Waals surface area contributed by atoms with Crippen molar-refractivity contribution in [1.82, 2.24) is 9.78 Å². The number of halogens is 2. The molecule has 1 aliphatic heterocycles. The molecule has 2 heterocycles. The Kier molecular flexibility index (Phi) is 5.33. The molecule has 3 aromatic rings. The number of nitrogens with zero attached hydrogens (tertiary/aromatic N) is 3. The van der Waals surface area contributed by atoms with E-state index in [-0.39, 0.29) is 17.4 Å². The highest BCUT2D eigenvalue weighted by molar-refractivity contribution is 6.06. The lowest BCUT2D eigenvalue weighted by atomic mass is 10.1. The summed E-state index contributed by atoms with van der Waals surface area (Å²) in [5.41, 5.74) is 1.00. The topological polar surface area (TPSA) is 84.3 Å². The van der Waals surface area contributed by atoms with Gasteiger partial charge in [0.1, 0.15) is 23.9 Å². The molecule has 2 amide bonds. The van der Waals surface area contributed by atoms with Gasteiger partial charge in [-0.2, -0.15) is 5.10 Å². The van der Waals surface area contributed by atoms with Crippen molar-refractivity contribution in [3.05, 3.63) is 87.8 Å². The Morgan fingerprint density at radius 2 is 1.90 bits per heavy atom. The van der Waals surface area contributed by atoms with E-state index in [1.807, 2.05) is 31.2 Å². The number of carbonyl (C=O) groups is 2. The number of benzene rings is 2. The number of amides is 2. The Balaban J connectivity index is 1.55. The van der Waals surface area contributed by atoms with Crippen LogP contribution in [0.15, 0.2) is 59.4 Å². The molecular weight excluding hydrogens is 406 g/mol. The van der Waals surface area contributed by atoms with Gasteiger partial charge in [-0.3, -0.25) is 14.4 Å². The molecule has 31 heavy (non-hydrogen) atoms. The Labute approximate surface area is 175 Å². The number of hydrogen-bond donors (Lipinski definition) is 1. The molecule has 0 bridgehead atoms. The van der Waals surface area contributed by atoms with Gasteiger partial charge in [-0.1, -0.05) is 18.2 Å². The molecule has 2 aromatic carbocycles. The number of hydrogen-bond acceptors (Lipinski definition) is 4. The zero-order valence-corrected chi connectivity index (χ0v) is 16.5. The first-order valence-corrected chi connectivity index (χ1v) is 9.58. The van der Waals surface area contributed by atoms with Crippen LogP contribution in [-0.2, 0) is 17.8 Å². The van der Waals surface area contributed by atoms with E-state index in [4.69, 9.17) is 0 Å². The van der Waals surface area contributed by atoms with Gasteiger partial charge in [-0.15, -0.1) is 0 Å². The standard InChI is InChI=1S/C22H18F2N4O3/c1-13-10-14-4-2-3-5-19(14)28(13)22(31)18-8-9-21(30)27(26-18)12-20(29)25-17-7-6-15(23)11-16(17)24/h2-9,11,13H,10,12H2,1H3,(H,25,29)/t13-/m0/s1. The number of anilines is 2. The van der Waals surface area contributed by atoms with Crippen molar-refractivity contribution >= 4 is 23.2 Å². The zero-order chi connectivity index (χ0) is 22.1. The first kappa shape index (κ1) is 20.4. The molecule has 0 fully saturated rings. The third-order valence-electron chi connectivity index (χ3n) is 5.01. The van der Waals surface area contributed by atoms with E-state index in [2.05, 4.69) is 10.4 Å². The molecule has 0 spiro atoms. The third kappa shape index (κ3) is 4.07. The number of carbonyl (C=O) groups excluding carboxylic acids is 2. The summed E-state index contributed by atoms with van der Waals surface area (Å²) in [5.74, 6) is -2.86. The van der Waals surface area contributed by atoms with Crippen LogP contribution in [-0.4, -0.2) is 27.6 Å². The first-order valence-electron chi connectivity index (χ1n) is 9.58. The van der Waals surface area contributed by atoms with Gasteiger partial charge < -0.3 is 10.2 Å². The Hall–Kier alpha value is -3.88. The summed E-state index contributed by atoms with van der Waals surface area (Å²) in [6.07, 6.45) is 0.702. The van der Waals surface area contributed by atoms with Gasteiger partial charge in [-0.05, 0) is 43.2 Å². The second-order valence-corrected chi connectivity index (χ2v) is 7.24. The van der Waals surface area contributed by atoms with Crippen molar-refractivity contribution in [3.8, 4) is 0 Å². The maximum absolute atomic E-state index is 13.7. The summed E-state index contributed by atoms with van der Waals surface area (Å²) in [6, 6.07) is 12.6. The van der Waals surface area contributed by atoms with Crippen LogP contribution < -0.4 is 15.8 Å². The normalized spacial score (nSPS) is 14.9. The molecule has 9 heteroatoms. The van der Waals surface area contributed by atoms with E-state index in [1.165, 1.54) is 6.07 Å². The van der Waals surface area contributed by atoms with E-state index >= 15 is 0 Å². The number of para-hydroxylation sites is 1. The minimum atomic E-state index is -0.945. The van der Waals surface area contributed by atoms with E-state index < -0.39 is 35.6 Å². The smallest absolute Gasteiger partial charge is 0.278 e. The summed E-state index contributed by atoms with van der Waals surface area (Å²) >= 11 is 0. The van der Waals surface area contributed by atoms with Crippen LogP contribution in [0.3, 0.4) is 0 Å². The van der Waals surface area contributed by atoms with Gasteiger partial charge in [0, 0.05) is 23.9 Å². The maximum Gasteiger partial charge on any atom is 0.278 e. The van der Waals surface area contributed by atoms with E-state index in [0.29, 0.717) is 12.5 Å². The summed E-state index contributed by atoms with van der Waals surface area (Å²) in [4.78, 5) is 39.1. The molecule has 0 radical (unpaired) electrons. The Morgan fingerprint density at radius 1 is 1.13 bits per heavy atom. The molecule has 7 nitrogen and oxygen atoms in total. The number of fused-ring (bicyclic) bond motifs is 1. The van der Waals surface area contributed by atoms with Gasteiger partial charge in [0.2, 0.25) is 5.91 Å². The fourth-order valence-electron chi connectivity index (χ4n) is 3.59. The molecule has 158 valence electrons. The first-order chi connectivity index (χ1) is 14.8. The fraction of sp³-hybridized carbons (Fsp3) is 0.182. The largest absolute Gasteiger partial charge is 0.322 e. The van der Waals surface area contributed by atoms with Crippen molar-refractivity contribution in [1.29, 1.82) is 0 Å². The second kappa shape index (κ2) is 8.10. The highest BCUT2D eigenvalue weighted by Crippen LogP contribution is 2.32. The van der Waals surface area contributed by atoms with Crippen LogP contribution in [0.1, 0.15) is 23.0 Å². The molecule has 1 aromatic heterocycles. The third-order valence-corrected chi connectivity index (χ3v) is 5.01. The van der Waals surface area contributed by atoms with E-state index in [9.17, 15) is 23.2 Å². The fourth-order valence-corrected chi connectivity index (χ4v) is 3.59. The second-order valence-electron chi connectivity index (χ2n) is 7.24. The lowest BCUT2D eigenvalue weighted by molar-refractivity contribution is -0.117. The van der Waals surface area contributed by atoms with Gasteiger partial charge in [-0.25, -0.2) is 13.5 Å². The predicted molar refractivity (Wildman–Crippen MR) is 110 cm³/mol. The highest BCUT2D eigenvalue weighted by atomic mass is 19.1. The molecule has 1 atom stereocenters. The van der Waals surface area contributed by atoms with Gasteiger partial charge in [0.15, 0.2) is 0 Å². The number of aromatic nitrogens is 2. The molecule has 1 N–H and O–H groups in total. The van der Waals surface area contributed by atoms with Crippen molar-refractivity contribution in [3.63, 3.8) is 0 Å². The molecule has 0 saturated heterocycles. The molecule has 1 aliphatic rings. The average molecular weight is 424 g/mol. The zero-order valence-electron chi connectivity index (χ0n) is 16.5. The minimum absolute atomic E-state index is 0.00363.